The first kappa shape index (κ1) is 19.6. The van der Waals surface area contributed by atoms with E-state index in [2.05, 4.69) is 0 Å². The Kier molecular flexibility index (Phi) is 5.80. The lowest BCUT2D eigenvalue weighted by Gasteiger charge is -2.23. The zero-order valence-electron chi connectivity index (χ0n) is 14.2. The van der Waals surface area contributed by atoms with E-state index in [0.717, 1.165) is 6.07 Å². The van der Waals surface area contributed by atoms with Gasteiger partial charge in [0.1, 0.15) is 0 Å². The predicted octanol–water partition coefficient (Wildman–Crippen LogP) is 0.406. The van der Waals surface area contributed by atoms with Crippen LogP contribution in [0.5, 0.6) is 5.75 Å². The lowest BCUT2D eigenvalue weighted by Crippen LogP contribution is -2.40. The molecule has 1 heterocycles. The van der Waals surface area contributed by atoms with Gasteiger partial charge in [0.15, 0.2) is 22.2 Å². The highest BCUT2D eigenvalue weighted by Crippen LogP contribution is 2.27. The maximum absolute atomic E-state index is 12.1. The Hall–Kier alpha value is -2.69. The topological polar surface area (TPSA) is 133 Å². The fourth-order valence-electron chi connectivity index (χ4n) is 2.56. The van der Waals surface area contributed by atoms with Gasteiger partial charge in [-0.15, -0.1) is 0 Å². The fourth-order valence-corrected chi connectivity index (χ4v) is 4.33. The number of likely N-dealkylation sites (N-methyl/N-ethyl adjacent to an activating group) is 1. The SMILES string of the molecule is COc1ccc(C(=O)OCC(=O)N(C)[C@@H]2CCS(=O)(=O)C2)cc1[N+](=O)[O-]. The summed E-state index contributed by atoms with van der Waals surface area (Å²) < 4.78 is 32.7. The molecule has 10 nitrogen and oxygen atoms in total. The Morgan fingerprint density at radius 3 is 2.62 bits per heavy atom. The molecule has 1 amide bonds. The average molecular weight is 386 g/mol. The number of methoxy groups -OCH3 is 1. The number of nitrogens with zero attached hydrogens (tertiary/aromatic N) is 2. The lowest BCUT2D eigenvalue weighted by molar-refractivity contribution is -0.385. The van der Waals surface area contributed by atoms with Crippen molar-refractivity contribution in [2.45, 2.75) is 12.5 Å². The molecule has 0 aliphatic carbocycles. The normalized spacial score (nSPS) is 18.2. The number of sulfone groups is 1. The molecule has 2 rings (SSSR count). The third-order valence-corrected chi connectivity index (χ3v) is 5.84. The zero-order valence-corrected chi connectivity index (χ0v) is 15.0. The van der Waals surface area contributed by atoms with Crippen molar-refractivity contribution in [1.29, 1.82) is 0 Å². The van der Waals surface area contributed by atoms with Crippen LogP contribution < -0.4 is 4.74 Å². The summed E-state index contributed by atoms with van der Waals surface area (Å²) in [6.45, 7) is -0.592. The van der Waals surface area contributed by atoms with Crippen molar-refractivity contribution in [2.24, 2.45) is 0 Å². The highest BCUT2D eigenvalue weighted by Gasteiger charge is 2.33. The molecule has 1 aliphatic heterocycles. The monoisotopic (exact) mass is 386 g/mol. The number of esters is 1. The highest BCUT2D eigenvalue weighted by atomic mass is 32.2. The van der Waals surface area contributed by atoms with Crippen LogP contribution in [0.25, 0.3) is 0 Å². The third kappa shape index (κ3) is 4.48. The van der Waals surface area contributed by atoms with Crippen molar-refractivity contribution in [2.75, 3.05) is 32.3 Å². The van der Waals surface area contributed by atoms with Crippen molar-refractivity contribution in [3.8, 4) is 5.75 Å². The van der Waals surface area contributed by atoms with Gasteiger partial charge in [-0.3, -0.25) is 14.9 Å². The van der Waals surface area contributed by atoms with Crippen molar-refractivity contribution >= 4 is 27.4 Å². The second-order valence-electron chi connectivity index (χ2n) is 5.78. The average Bonchev–Trinajstić information content (AvgIpc) is 2.97. The second kappa shape index (κ2) is 7.68. The van der Waals surface area contributed by atoms with Gasteiger partial charge in [-0.1, -0.05) is 0 Å². The smallest absolute Gasteiger partial charge is 0.338 e. The molecule has 0 saturated carbocycles. The van der Waals surface area contributed by atoms with Gasteiger partial charge in [0.05, 0.1) is 29.1 Å². The Labute approximate surface area is 149 Å². The van der Waals surface area contributed by atoms with Crippen molar-refractivity contribution in [3.63, 3.8) is 0 Å². The van der Waals surface area contributed by atoms with E-state index in [-0.39, 0.29) is 22.8 Å². The minimum atomic E-state index is -3.15. The summed E-state index contributed by atoms with van der Waals surface area (Å²) in [5.41, 5.74) is -0.502. The Morgan fingerprint density at radius 2 is 2.08 bits per heavy atom. The standard InChI is InChI=1S/C15H18N2O8S/c1-16(11-5-6-26(22,23)9-11)14(18)8-25-15(19)10-3-4-13(24-2)12(7-10)17(20)21/h3-4,7,11H,5-6,8-9H2,1-2H3/t11-/m1/s1. The van der Waals surface area contributed by atoms with Crippen LogP contribution in [0.2, 0.25) is 0 Å². The predicted molar refractivity (Wildman–Crippen MR) is 89.8 cm³/mol. The van der Waals surface area contributed by atoms with Gasteiger partial charge in [0.25, 0.3) is 5.91 Å². The van der Waals surface area contributed by atoms with Crippen LogP contribution in [0.1, 0.15) is 16.8 Å². The maximum Gasteiger partial charge on any atom is 0.338 e. The highest BCUT2D eigenvalue weighted by molar-refractivity contribution is 7.91. The van der Waals surface area contributed by atoms with Crippen LogP contribution in [0.4, 0.5) is 5.69 Å². The molecule has 1 atom stereocenters. The van der Waals surface area contributed by atoms with E-state index in [4.69, 9.17) is 9.47 Å². The van der Waals surface area contributed by atoms with Crippen LogP contribution in [0.3, 0.4) is 0 Å². The largest absolute Gasteiger partial charge is 0.490 e. The molecule has 1 fully saturated rings. The Bertz CT molecular complexity index is 836. The quantitative estimate of drug-likeness (QED) is 0.390. The molecule has 0 N–H and O–H groups in total. The van der Waals surface area contributed by atoms with Crippen LogP contribution in [-0.2, 0) is 19.4 Å². The molecule has 1 saturated heterocycles. The van der Waals surface area contributed by atoms with Gasteiger partial charge >= 0.3 is 11.7 Å². The maximum atomic E-state index is 12.1. The number of rotatable bonds is 6. The molecule has 142 valence electrons. The molecule has 11 heteroatoms. The Morgan fingerprint density at radius 1 is 1.38 bits per heavy atom. The molecule has 26 heavy (non-hydrogen) atoms. The van der Waals surface area contributed by atoms with Crippen LogP contribution in [0.15, 0.2) is 18.2 Å². The van der Waals surface area contributed by atoms with E-state index in [1.165, 1.54) is 31.2 Å². The van der Waals surface area contributed by atoms with E-state index in [1.54, 1.807) is 0 Å². The van der Waals surface area contributed by atoms with Gasteiger partial charge in [0, 0.05) is 19.2 Å². The minimum absolute atomic E-state index is 0.00944. The van der Waals surface area contributed by atoms with E-state index >= 15 is 0 Å². The number of hydrogen-bond acceptors (Lipinski definition) is 8. The summed E-state index contributed by atoms with van der Waals surface area (Å²) in [5, 5.41) is 11.0. The molecule has 1 aliphatic rings. The zero-order chi connectivity index (χ0) is 19.5. The van der Waals surface area contributed by atoms with E-state index in [9.17, 15) is 28.1 Å². The van der Waals surface area contributed by atoms with E-state index in [1.807, 2.05) is 0 Å². The molecule has 0 unspecified atom stereocenters. The number of benzene rings is 1. The van der Waals surface area contributed by atoms with Gasteiger partial charge in [0.2, 0.25) is 0 Å². The molecule has 1 aromatic rings. The van der Waals surface area contributed by atoms with Gasteiger partial charge < -0.3 is 14.4 Å². The van der Waals surface area contributed by atoms with E-state index < -0.39 is 45.0 Å². The molecule has 0 spiro atoms. The molecule has 0 aromatic heterocycles. The molecular weight excluding hydrogens is 368 g/mol. The second-order valence-corrected chi connectivity index (χ2v) is 8.01. The first-order chi connectivity index (χ1) is 12.1. The molecule has 0 bridgehead atoms. The van der Waals surface area contributed by atoms with Crippen LogP contribution in [-0.4, -0.2) is 68.4 Å². The summed E-state index contributed by atoms with van der Waals surface area (Å²) in [7, 11) is -0.439. The van der Waals surface area contributed by atoms with Crippen LogP contribution >= 0.6 is 0 Å². The number of ether oxygens (including phenoxy) is 2. The minimum Gasteiger partial charge on any atom is -0.490 e. The number of nitro groups is 1. The van der Waals surface area contributed by atoms with E-state index in [0.29, 0.717) is 6.42 Å². The summed E-state index contributed by atoms with van der Waals surface area (Å²) in [6.07, 6.45) is 0.337. The number of amides is 1. The number of carbonyl (C=O) groups excluding carboxylic acids is 2. The first-order valence-corrected chi connectivity index (χ1v) is 9.42. The van der Waals surface area contributed by atoms with Crippen LogP contribution in [0, 0.1) is 10.1 Å². The molecule has 0 radical (unpaired) electrons. The van der Waals surface area contributed by atoms with Gasteiger partial charge in [-0.25, -0.2) is 13.2 Å². The molecule has 1 aromatic carbocycles. The fraction of sp³-hybridized carbons (Fsp3) is 0.467. The Balaban J connectivity index is 1.99. The van der Waals surface area contributed by atoms with Crippen molar-refractivity contribution in [1.82, 2.24) is 4.90 Å². The first-order valence-electron chi connectivity index (χ1n) is 7.60. The molecular formula is C15H18N2O8S. The third-order valence-electron chi connectivity index (χ3n) is 4.09. The number of nitro benzene ring substituents is 1. The van der Waals surface area contributed by atoms with Crippen molar-refractivity contribution < 1.29 is 32.4 Å². The van der Waals surface area contributed by atoms with Gasteiger partial charge in [-0.05, 0) is 18.6 Å². The van der Waals surface area contributed by atoms with Crippen molar-refractivity contribution in [3.05, 3.63) is 33.9 Å². The number of hydrogen-bond donors (Lipinski definition) is 0. The summed E-state index contributed by atoms with van der Waals surface area (Å²) in [5.74, 6) is -1.57. The lowest BCUT2D eigenvalue weighted by atomic mass is 10.2. The summed E-state index contributed by atoms with van der Waals surface area (Å²) >= 11 is 0. The van der Waals surface area contributed by atoms with Gasteiger partial charge in [-0.2, -0.15) is 0 Å². The summed E-state index contributed by atoms with van der Waals surface area (Å²) in [6, 6.07) is 3.09. The number of carbonyl (C=O) groups is 2. The summed E-state index contributed by atoms with van der Waals surface area (Å²) in [4.78, 5) is 35.6.